The molecule has 1 fully saturated rings. The van der Waals surface area contributed by atoms with Gasteiger partial charge in [-0.1, -0.05) is 22.6 Å². The van der Waals surface area contributed by atoms with Crippen molar-refractivity contribution in [2.75, 3.05) is 11.0 Å². The van der Waals surface area contributed by atoms with Gasteiger partial charge in [-0.3, -0.25) is 14.3 Å². The van der Waals surface area contributed by atoms with E-state index in [1.54, 1.807) is 6.19 Å². The fourth-order valence-corrected chi connectivity index (χ4v) is 3.02. The summed E-state index contributed by atoms with van der Waals surface area (Å²) in [6.45, 7) is -0.536. The Labute approximate surface area is 143 Å². The Morgan fingerprint density at radius 1 is 1.48 bits per heavy atom. The van der Waals surface area contributed by atoms with Gasteiger partial charge >= 0.3 is 5.69 Å². The molecule has 10 nitrogen and oxygen atoms in total. The number of hydrogen-bond donors (Lipinski definition) is 5. The first-order valence-corrected chi connectivity index (χ1v) is 8.15. The summed E-state index contributed by atoms with van der Waals surface area (Å²) in [5.74, 6) is 0. The van der Waals surface area contributed by atoms with Crippen LogP contribution in [-0.2, 0) is 4.74 Å². The zero-order valence-electron chi connectivity index (χ0n) is 11.7. The van der Waals surface area contributed by atoms with Crippen molar-refractivity contribution in [2.45, 2.75) is 30.6 Å². The highest BCUT2D eigenvalue weighted by molar-refractivity contribution is 14.1. The molecular weight excluding hydrogens is 423 g/mol. The van der Waals surface area contributed by atoms with Crippen molar-refractivity contribution in [1.29, 1.82) is 5.26 Å². The molecule has 0 amide bonds. The van der Waals surface area contributed by atoms with Crippen LogP contribution in [-0.4, -0.2) is 54.2 Å². The average molecular weight is 438 g/mol. The molecule has 0 aromatic carbocycles. The number of aromatic nitrogens is 2. The fraction of sp³-hybridized carbons (Fsp3) is 0.583. The van der Waals surface area contributed by atoms with Gasteiger partial charge in [-0.25, -0.2) is 4.79 Å². The minimum atomic E-state index is -1.45. The maximum atomic E-state index is 12.0. The number of nitriles is 1. The first-order chi connectivity index (χ1) is 10.9. The lowest BCUT2D eigenvalue weighted by molar-refractivity contribution is -0.0551. The number of H-pyrrole nitrogens is 1. The first kappa shape index (κ1) is 17.9. The highest BCUT2D eigenvalue weighted by Gasteiger charge is 2.44. The minimum absolute atomic E-state index is 0.110. The van der Waals surface area contributed by atoms with E-state index in [0.717, 1.165) is 4.57 Å². The maximum Gasteiger partial charge on any atom is 0.330 e. The molecule has 126 valence electrons. The second-order valence-corrected chi connectivity index (χ2v) is 5.82. The van der Waals surface area contributed by atoms with Crippen molar-refractivity contribution in [3.63, 3.8) is 0 Å². The Morgan fingerprint density at radius 2 is 2.17 bits per heavy atom. The molecule has 1 saturated heterocycles. The summed E-state index contributed by atoms with van der Waals surface area (Å²) in [6.07, 6.45) is -2.22. The zero-order chi connectivity index (χ0) is 17.1. The highest BCUT2D eigenvalue weighted by Crippen LogP contribution is 2.28. The Morgan fingerprint density at radius 3 is 2.70 bits per heavy atom. The van der Waals surface area contributed by atoms with Crippen molar-refractivity contribution in [1.82, 2.24) is 14.9 Å². The van der Waals surface area contributed by atoms with Crippen LogP contribution in [0.1, 0.15) is 17.8 Å². The Kier molecular flexibility index (Phi) is 5.76. The number of nitrogens with zero attached hydrogens (tertiary/aromatic N) is 2. The van der Waals surface area contributed by atoms with Crippen molar-refractivity contribution in [3.05, 3.63) is 32.6 Å². The van der Waals surface area contributed by atoms with Crippen LogP contribution in [0.25, 0.3) is 0 Å². The topological polar surface area (TPSA) is 161 Å². The summed E-state index contributed by atoms with van der Waals surface area (Å²) in [4.78, 5) is 26.0. The summed E-state index contributed by atoms with van der Waals surface area (Å²) in [5, 5.41) is 40.0. The number of aliphatic hydroxyl groups excluding tert-OH is 3. The first-order valence-electron chi connectivity index (χ1n) is 6.63. The van der Waals surface area contributed by atoms with Crippen LogP contribution >= 0.6 is 22.6 Å². The summed E-state index contributed by atoms with van der Waals surface area (Å²) in [5.41, 5.74) is -1.39. The third-order valence-electron chi connectivity index (χ3n) is 3.56. The summed E-state index contributed by atoms with van der Waals surface area (Å²) in [7, 11) is 0. The lowest BCUT2D eigenvalue weighted by atomic mass is 10.1. The molecule has 11 heteroatoms. The number of nitrogens with one attached hydrogen (secondary N) is 2. The number of ether oxygens (including phenoxy) is 1. The molecule has 1 unspecified atom stereocenters. The van der Waals surface area contributed by atoms with Crippen LogP contribution in [0.4, 0.5) is 0 Å². The predicted octanol–water partition coefficient (Wildman–Crippen LogP) is -2.31. The predicted molar refractivity (Wildman–Crippen MR) is 84.7 cm³/mol. The molecule has 0 saturated carbocycles. The Balaban J connectivity index is 2.46. The van der Waals surface area contributed by atoms with Gasteiger partial charge in [0.25, 0.3) is 5.56 Å². The summed E-state index contributed by atoms with van der Waals surface area (Å²) >= 11 is 1.97. The monoisotopic (exact) mass is 438 g/mol. The number of halogens is 1. The van der Waals surface area contributed by atoms with Gasteiger partial charge in [-0.05, 0) is 0 Å². The van der Waals surface area contributed by atoms with Gasteiger partial charge in [0.1, 0.15) is 18.3 Å². The molecule has 2 heterocycles. The van der Waals surface area contributed by atoms with Crippen LogP contribution in [0.15, 0.2) is 15.8 Å². The molecule has 0 aliphatic carbocycles. The van der Waals surface area contributed by atoms with E-state index in [2.05, 4.69) is 10.3 Å². The molecule has 5 N–H and O–H groups in total. The van der Waals surface area contributed by atoms with E-state index in [0.29, 0.717) is 4.43 Å². The van der Waals surface area contributed by atoms with Gasteiger partial charge in [0.05, 0.1) is 18.2 Å². The number of rotatable bonds is 5. The highest BCUT2D eigenvalue weighted by atomic mass is 127. The van der Waals surface area contributed by atoms with Crippen molar-refractivity contribution < 1.29 is 20.1 Å². The number of aromatic amines is 1. The zero-order valence-corrected chi connectivity index (χ0v) is 13.9. The molecule has 1 aromatic heterocycles. The standard InChI is InChI=1S/C12H15IN4O6/c13-1-6(15-4-14)5-2-17(12(22)16-10(5)21)11-9(20)8(19)7(3-18)23-11/h2,6-9,11,15,18-20H,1,3H2,(H,16,21,22)/t6?,7-,8-,9+,11-/m1/s1. The van der Waals surface area contributed by atoms with Crippen LogP contribution in [0, 0.1) is 11.5 Å². The lowest BCUT2D eigenvalue weighted by Crippen LogP contribution is -2.40. The number of alkyl halides is 1. The van der Waals surface area contributed by atoms with Gasteiger partial charge in [-0.15, -0.1) is 0 Å². The van der Waals surface area contributed by atoms with Crippen LogP contribution in [0.2, 0.25) is 0 Å². The fourth-order valence-electron chi connectivity index (χ4n) is 2.33. The SMILES string of the molecule is N#CNC(CI)c1cn([C@@H]2O[C@H](CO)[C@@H](O)[C@@H]2O)c(=O)[nH]c1=O. The Bertz CT molecular complexity index is 713. The van der Waals surface area contributed by atoms with E-state index in [1.807, 2.05) is 22.6 Å². The number of aliphatic hydroxyl groups is 3. The van der Waals surface area contributed by atoms with E-state index in [-0.39, 0.29) is 5.56 Å². The molecule has 23 heavy (non-hydrogen) atoms. The summed E-state index contributed by atoms with van der Waals surface area (Å²) < 4.78 is 6.58. The van der Waals surface area contributed by atoms with E-state index < -0.39 is 48.4 Å². The second-order valence-electron chi connectivity index (χ2n) is 4.94. The summed E-state index contributed by atoms with van der Waals surface area (Å²) in [6, 6.07) is -0.631. The van der Waals surface area contributed by atoms with E-state index in [4.69, 9.17) is 15.1 Å². The molecule has 1 aliphatic heterocycles. The average Bonchev–Trinajstić information content (AvgIpc) is 2.81. The quantitative estimate of drug-likeness (QED) is 0.148. The second kappa shape index (κ2) is 7.41. The number of hydrogen-bond acceptors (Lipinski definition) is 8. The van der Waals surface area contributed by atoms with Crippen LogP contribution in [0.3, 0.4) is 0 Å². The molecule has 2 rings (SSSR count). The van der Waals surface area contributed by atoms with Crippen molar-refractivity contribution in [3.8, 4) is 6.19 Å². The van der Waals surface area contributed by atoms with Gasteiger partial charge in [0, 0.05) is 10.6 Å². The van der Waals surface area contributed by atoms with Crippen molar-refractivity contribution >= 4 is 22.6 Å². The normalized spacial score (nSPS) is 28.3. The van der Waals surface area contributed by atoms with Gasteiger partial charge in [0.15, 0.2) is 12.4 Å². The third-order valence-corrected chi connectivity index (χ3v) is 4.44. The molecule has 1 aliphatic rings. The molecular formula is C12H15IN4O6. The van der Waals surface area contributed by atoms with Gasteiger partial charge in [-0.2, -0.15) is 5.26 Å². The van der Waals surface area contributed by atoms with E-state index in [1.165, 1.54) is 6.20 Å². The molecule has 5 atom stereocenters. The largest absolute Gasteiger partial charge is 0.394 e. The van der Waals surface area contributed by atoms with Crippen LogP contribution < -0.4 is 16.6 Å². The Hall–Kier alpha value is -1.46. The van der Waals surface area contributed by atoms with Crippen molar-refractivity contribution in [2.24, 2.45) is 0 Å². The van der Waals surface area contributed by atoms with Crippen LogP contribution in [0.5, 0.6) is 0 Å². The van der Waals surface area contributed by atoms with Gasteiger partial charge < -0.3 is 25.4 Å². The minimum Gasteiger partial charge on any atom is -0.394 e. The molecule has 0 radical (unpaired) electrons. The molecule has 1 aromatic rings. The maximum absolute atomic E-state index is 12.0. The van der Waals surface area contributed by atoms with E-state index in [9.17, 15) is 19.8 Å². The van der Waals surface area contributed by atoms with Gasteiger partial charge in [0.2, 0.25) is 0 Å². The molecule has 0 spiro atoms. The third kappa shape index (κ3) is 3.40. The van der Waals surface area contributed by atoms with E-state index >= 15 is 0 Å². The smallest absolute Gasteiger partial charge is 0.330 e. The molecule has 0 bridgehead atoms. The lowest BCUT2D eigenvalue weighted by Gasteiger charge is -2.19.